The Labute approximate surface area is 151 Å². The number of aromatic nitrogens is 2. The number of para-hydroxylation sites is 2. The lowest BCUT2D eigenvalue weighted by Crippen LogP contribution is -2.31. The van der Waals surface area contributed by atoms with Crippen molar-refractivity contribution in [3.8, 4) is 0 Å². The first kappa shape index (κ1) is 16.1. The quantitative estimate of drug-likeness (QED) is 0.576. The Morgan fingerprint density at radius 1 is 0.885 bits per heavy atom. The van der Waals surface area contributed by atoms with Crippen LogP contribution in [0.1, 0.15) is 23.0 Å². The summed E-state index contributed by atoms with van der Waals surface area (Å²) in [5.41, 5.74) is 3.83. The first-order valence-electron chi connectivity index (χ1n) is 8.62. The molecule has 0 bridgehead atoms. The predicted octanol–water partition coefficient (Wildman–Crippen LogP) is 4.01. The Bertz CT molecular complexity index is 976. The monoisotopic (exact) mass is 341 g/mol. The third kappa shape index (κ3) is 3.49. The zero-order valence-corrected chi connectivity index (χ0v) is 14.2. The number of nitrogens with zero attached hydrogens (tertiary/aromatic N) is 1. The maximum absolute atomic E-state index is 12.6. The van der Waals surface area contributed by atoms with Crippen molar-refractivity contribution >= 4 is 16.9 Å². The molecule has 1 atom stereocenters. The first-order chi connectivity index (χ1) is 12.8. The molecule has 0 fully saturated rings. The van der Waals surface area contributed by atoms with E-state index in [1.807, 2.05) is 84.9 Å². The van der Waals surface area contributed by atoms with E-state index in [0.29, 0.717) is 6.42 Å². The summed E-state index contributed by atoms with van der Waals surface area (Å²) in [5, 5.41) is 3.13. The van der Waals surface area contributed by atoms with Crippen LogP contribution in [0.15, 0.2) is 84.9 Å². The molecule has 0 aliphatic rings. The zero-order chi connectivity index (χ0) is 17.8. The van der Waals surface area contributed by atoms with Crippen molar-refractivity contribution in [2.45, 2.75) is 12.5 Å². The third-order valence-corrected chi connectivity index (χ3v) is 4.33. The van der Waals surface area contributed by atoms with Crippen molar-refractivity contribution in [3.05, 3.63) is 102 Å². The van der Waals surface area contributed by atoms with E-state index in [4.69, 9.17) is 0 Å². The van der Waals surface area contributed by atoms with Gasteiger partial charge in [-0.15, -0.1) is 0 Å². The minimum absolute atomic E-state index is 0.0366. The SMILES string of the molecule is O=C(Cc1ccccc1)NC(c1ccccc1)c1nc2ccccc2[nH]1. The van der Waals surface area contributed by atoms with Gasteiger partial charge in [0.15, 0.2) is 0 Å². The van der Waals surface area contributed by atoms with Crippen LogP contribution in [0, 0.1) is 0 Å². The van der Waals surface area contributed by atoms with Crippen molar-refractivity contribution < 1.29 is 4.79 Å². The maximum atomic E-state index is 12.6. The van der Waals surface area contributed by atoms with E-state index >= 15 is 0 Å². The molecule has 3 aromatic carbocycles. The normalized spacial score (nSPS) is 12.0. The summed E-state index contributed by atoms with van der Waals surface area (Å²) in [4.78, 5) is 20.6. The number of carbonyl (C=O) groups is 1. The van der Waals surface area contributed by atoms with Gasteiger partial charge in [-0.2, -0.15) is 0 Å². The minimum Gasteiger partial charge on any atom is -0.342 e. The number of carbonyl (C=O) groups excluding carboxylic acids is 1. The van der Waals surface area contributed by atoms with Crippen LogP contribution >= 0.6 is 0 Å². The highest BCUT2D eigenvalue weighted by molar-refractivity contribution is 5.80. The molecule has 0 saturated carbocycles. The van der Waals surface area contributed by atoms with Crippen molar-refractivity contribution in [2.75, 3.05) is 0 Å². The number of hydrogen-bond acceptors (Lipinski definition) is 2. The second kappa shape index (κ2) is 7.23. The lowest BCUT2D eigenvalue weighted by atomic mass is 10.1. The summed E-state index contributed by atoms with van der Waals surface area (Å²) in [6.45, 7) is 0. The summed E-state index contributed by atoms with van der Waals surface area (Å²) in [5.74, 6) is 0.698. The number of hydrogen-bond donors (Lipinski definition) is 2. The summed E-state index contributed by atoms with van der Waals surface area (Å²) in [6, 6.07) is 27.2. The van der Waals surface area contributed by atoms with Gasteiger partial charge in [0.05, 0.1) is 17.5 Å². The molecule has 4 rings (SSSR count). The van der Waals surface area contributed by atoms with Gasteiger partial charge in [0, 0.05) is 0 Å². The largest absolute Gasteiger partial charge is 0.342 e. The molecule has 0 saturated heterocycles. The fraction of sp³-hybridized carbons (Fsp3) is 0.0909. The van der Waals surface area contributed by atoms with Crippen LogP contribution in [0.2, 0.25) is 0 Å². The number of imidazole rings is 1. The molecule has 128 valence electrons. The number of nitrogens with one attached hydrogen (secondary N) is 2. The Hall–Kier alpha value is -3.40. The molecule has 0 spiro atoms. The molecule has 2 N–H and O–H groups in total. The average molecular weight is 341 g/mol. The van der Waals surface area contributed by atoms with Gasteiger partial charge in [-0.05, 0) is 23.3 Å². The van der Waals surface area contributed by atoms with Gasteiger partial charge >= 0.3 is 0 Å². The molecule has 0 aliphatic carbocycles. The van der Waals surface area contributed by atoms with E-state index in [2.05, 4.69) is 15.3 Å². The van der Waals surface area contributed by atoms with Gasteiger partial charge in [0.1, 0.15) is 11.9 Å². The van der Waals surface area contributed by atoms with Crippen LogP contribution in [0.25, 0.3) is 11.0 Å². The number of benzene rings is 3. The molecule has 1 unspecified atom stereocenters. The summed E-state index contributed by atoms with van der Waals surface area (Å²) < 4.78 is 0. The van der Waals surface area contributed by atoms with Crippen molar-refractivity contribution in [2.24, 2.45) is 0 Å². The van der Waals surface area contributed by atoms with Crippen LogP contribution in [-0.2, 0) is 11.2 Å². The average Bonchev–Trinajstić information content (AvgIpc) is 3.11. The van der Waals surface area contributed by atoms with Crippen LogP contribution in [0.5, 0.6) is 0 Å². The van der Waals surface area contributed by atoms with Gasteiger partial charge in [0.2, 0.25) is 5.91 Å². The van der Waals surface area contributed by atoms with Crippen LogP contribution in [-0.4, -0.2) is 15.9 Å². The smallest absolute Gasteiger partial charge is 0.225 e. The standard InChI is InChI=1S/C22H19N3O/c26-20(15-16-9-3-1-4-10-16)25-21(17-11-5-2-6-12-17)22-23-18-13-7-8-14-19(18)24-22/h1-14,21H,15H2,(H,23,24)(H,25,26). The van der Waals surface area contributed by atoms with Crippen LogP contribution in [0.4, 0.5) is 0 Å². The number of H-pyrrole nitrogens is 1. The van der Waals surface area contributed by atoms with Crippen LogP contribution < -0.4 is 5.32 Å². The highest BCUT2D eigenvalue weighted by Crippen LogP contribution is 2.22. The van der Waals surface area contributed by atoms with E-state index in [1.165, 1.54) is 0 Å². The fourth-order valence-corrected chi connectivity index (χ4v) is 3.06. The molecule has 1 amide bonds. The summed E-state index contributed by atoms with van der Waals surface area (Å²) in [7, 11) is 0. The molecule has 4 heteroatoms. The first-order valence-corrected chi connectivity index (χ1v) is 8.62. The topological polar surface area (TPSA) is 57.8 Å². The molecule has 0 aliphatic heterocycles. The summed E-state index contributed by atoms with van der Waals surface area (Å²) >= 11 is 0. The van der Waals surface area contributed by atoms with Crippen molar-refractivity contribution in [1.82, 2.24) is 15.3 Å². The molecule has 1 aromatic heterocycles. The lowest BCUT2D eigenvalue weighted by molar-refractivity contribution is -0.121. The predicted molar refractivity (Wildman–Crippen MR) is 103 cm³/mol. The summed E-state index contributed by atoms with van der Waals surface area (Å²) in [6.07, 6.45) is 0.338. The van der Waals surface area contributed by atoms with E-state index < -0.39 is 0 Å². The van der Waals surface area contributed by atoms with Crippen molar-refractivity contribution in [3.63, 3.8) is 0 Å². The molecular formula is C22H19N3O. The second-order valence-corrected chi connectivity index (χ2v) is 6.21. The highest BCUT2D eigenvalue weighted by atomic mass is 16.1. The number of rotatable bonds is 5. The number of aromatic amines is 1. The fourth-order valence-electron chi connectivity index (χ4n) is 3.06. The molecule has 1 heterocycles. The van der Waals surface area contributed by atoms with Gasteiger partial charge in [-0.3, -0.25) is 4.79 Å². The van der Waals surface area contributed by atoms with Crippen LogP contribution in [0.3, 0.4) is 0 Å². The minimum atomic E-state index is -0.320. The molecule has 4 nitrogen and oxygen atoms in total. The van der Waals surface area contributed by atoms with E-state index in [1.54, 1.807) is 0 Å². The third-order valence-electron chi connectivity index (χ3n) is 4.33. The Kier molecular flexibility index (Phi) is 4.48. The second-order valence-electron chi connectivity index (χ2n) is 6.21. The van der Waals surface area contributed by atoms with E-state index in [9.17, 15) is 4.79 Å². The number of fused-ring (bicyclic) bond motifs is 1. The van der Waals surface area contributed by atoms with E-state index in [0.717, 1.165) is 28.0 Å². The molecule has 26 heavy (non-hydrogen) atoms. The van der Waals surface area contributed by atoms with E-state index in [-0.39, 0.29) is 11.9 Å². The van der Waals surface area contributed by atoms with Gasteiger partial charge in [-0.1, -0.05) is 72.8 Å². The molecular weight excluding hydrogens is 322 g/mol. The Morgan fingerprint density at radius 3 is 2.27 bits per heavy atom. The number of amides is 1. The Balaban J connectivity index is 1.64. The molecule has 0 radical (unpaired) electrons. The van der Waals surface area contributed by atoms with Gasteiger partial charge in [-0.25, -0.2) is 4.98 Å². The molecule has 4 aromatic rings. The lowest BCUT2D eigenvalue weighted by Gasteiger charge is -2.17. The van der Waals surface area contributed by atoms with Gasteiger partial charge < -0.3 is 10.3 Å². The maximum Gasteiger partial charge on any atom is 0.225 e. The highest BCUT2D eigenvalue weighted by Gasteiger charge is 2.20. The zero-order valence-electron chi connectivity index (χ0n) is 14.2. The van der Waals surface area contributed by atoms with Crippen molar-refractivity contribution in [1.29, 1.82) is 0 Å². The Morgan fingerprint density at radius 2 is 1.54 bits per heavy atom. The van der Waals surface area contributed by atoms with Gasteiger partial charge in [0.25, 0.3) is 0 Å².